The minimum atomic E-state index is 0.217. The Morgan fingerprint density at radius 2 is 1.58 bits per heavy atom. The van der Waals surface area contributed by atoms with Crippen LogP contribution in [0.3, 0.4) is 0 Å². The van der Waals surface area contributed by atoms with Crippen LogP contribution in [-0.4, -0.2) is 16.2 Å². The van der Waals surface area contributed by atoms with Gasteiger partial charge in [-0.1, -0.05) is 41.6 Å². The SMILES string of the molecule is CC(C)OCc1ccc(-c2nc(-c3ccc(CN)cc3)no2)cc1. The number of rotatable bonds is 6. The summed E-state index contributed by atoms with van der Waals surface area (Å²) >= 11 is 0. The first-order valence-electron chi connectivity index (χ1n) is 7.99. The minimum Gasteiger partial charge on any atom is -0.374 e. The minimum absolute atomic E-state index is 0.217. The van der Waals surface area contributed by atoms with Gasteiger partial charge in [0.05, 0.1) is 12.7 Å². The topological polar surface area (TPSA) is 74.2 Å². The highest BCUT2D eigenvalue weighted by atomic mass is 16.5. The molecule has 24 heavy (non-hydrogen) atoms. The summed E-state index contributed by atoms with van der Waals surface area (Å²) in [4.78, 5) is 4.47. The van der Waals surface area contributed by atoms with Gasteiger partial charge in [-0.15, -0.1) is 0 Å². The normalized spacial score (nSPS) is 11.2. The average Bonchev–Trinajstić information content (AvgIpc) is 3.10. The fourth-order valence-corrected chi connectivity index (χ4v) is 2.25. The molecule has 5 nitrogen and oxygen atoms in total. The number of hydrogen-bond acceptors (Lipinski definition) is 5. The van der Waals surface area contributed by atoms with E-state index < -0.39 is 0 Å². The van der Waals surface area contributed by atoms with Crippen LogP contribution in [0.5, 0.6) is 0 Å². The molecule has 5 heteroatoms. The molecule has 0 saturated carbocycles. The van der Waals surface area contributed by atoms with E-state index in [0.29, 0.717) is 24.9 Å². The van der Waals surface area contributed by atoms with E-state index in [2.05, 4.69) is 10.1 Å². The van der Waals surface area contributed by atoms with Crippen LogP contribution >= 0.6 is 0 Å². The van der Waals surface area contributed by atoms with Gasteiger partial charge in [-0.3, -0.25) is 0 Å². The van der Waals surface area contributed by atoms with Crippen molar-refractivity contribution in [2.75, 3.05) is 0 Å². The Bertz CT molecular complexity index is 777. The van der Waals surface area contributed by atoms with E-state index in [1.165, 1.54) is 0 Å². The standard InChI is InChI=1S/C19H21N3O2/c1-13(2)23-12-15-5-9-17(10-6-15)19-21-18(22-24-19)16-7-3-14(11-20)4-8-16/h3-10,13H,11-12,20H2,1-2H3. The van der Waals surface area contributed by atoms with Crippen molar-refractivity contribution in [3.63, 3.8) is 0 Å². The van der Waals surface area contributed by atoms with Crippen LogP contribution in [0.15, 0.2) is 53.1 Å². The number of hydrogen-bond donors (Lipinski definition) is 1. The molecule has 0 bridgehead atoms. The van der Waals surface area contributed by atoms with Crippen molar-refractivity contribution in [1.29, 1.82) is 0 Å². The number of aromatic nitrogens is 2. The van der Waals surface area contributed by atoms with E-state index >= 15 is 0 Å². The summed E-state index contributed by atoms with van der Waals surface area (Å²) in [5.41, 5.74) is 9.59. The molecule has 0 atom stereocenters. The lowest BCUT2D eigenvalue weighted by Gasteiger charge is -2.07. The molecule has 2 N–H and O–H groups in total. The smallest absolute Gasteiger partial charge is 0.258 e. The van der Waals surface area contributed by atoms with Gasteiger partial charge in [0, 0.05) is 17.7 Å². The molecule has 0 unspecified atom stereocenters. The van der Waals surface area contributed by atoms with Crippen molar-refractivity contribution >= 4 is 0 Å². The summed E-state index contributed by atoms with van der Waals surface area (Å²) in [5, 5.41) is 4.06. The van der Waals surface area contributed by atoms with Crippen molar-refractivity contribution in [3.05, 3.63) is 59.7 Å². The van der Waals surface area contributed by atoms with Crippen molar-refractivity contribution < 1.29 is 9.26 Å². The first-order valence-corrected chi connectivity index (χ1v) is 7.99. The second-order valence-corrected chi connectivity index (χ2v) is 5.88. The summed E-state index contributed by atoms with van der Waals surface area (Å²) in [5.74, 6) is 1.07. The Morgan fingerprint density at radius 1 is 0.958 bits per heavy atom. The Hall–Kier alpha value is -2.50. The van der Waals surface area contributed by atoms with Crippen molar-refractivity contribution in [2.24, 2.45) is 5.73 Å². The first kappa shape index (κ1) is 16.4. The van der Waals surface area contributed by atoms with Crippen molar-refractivity contribution in [3.8, 4) is 22.8 Å². The van der Waals surface area contributed by atoms with Gasteiger partial charge in [-0.2, -0.15) is 4.98 Å². The zero-order valence-electron chi connectivity index (χ0n) is 13.9. The highest BCUT2D eigenvalue weighted by Gasteiger charge is 2.10. The summed E-state index contributed by atoms with van der Waals surface area (Å²) in [7, 11) is 0. The van der Waals surface area contributed by atoms with Gasteiger partial charge in [0.15, 0.2) is 0 Å². The van der Waals surface area contributed by atoms with Gasteiger partial charge in [-0.25, -0.2) is 0 Å². The van der Waals surface area contributed by atoms with Crippen LogP contribution in [-0.2, 0) is 17.9 Å². The quantitative estimate of drug-likeness (QED) is 0.747. The number of nitrogens with zero attached hydrogens (tertiary/aromatic N) is 2. The molecular weight excluding hydrogens is 302 g/mol. The van der Waals surface area contributed by atoms with Crippen LogP contribution in [0.4, 0.5) is 0 Å². The first-order chi connectivity index (χ1) is 11.7. The molecule has 2 aromatic carbocycles. The molecule has 0 fully saturated rings. The van der Waals surface area contributed by atoms with Gasteiger partial charge in [0.25, 0.3) is 5.89 Å². The molecule has 0 radical (unpaired) electrons. The van der Waals surface area contributed by atoms with E-state index in [1.54, 1.807) is 0 Å². The monoisotopic (exact) mass is 323 g/mol. The maximum Gasteiger partial charge on any atom is 0.258 e. The highest BCUT2D eigenvalue weighted by molar-refractivity contribution is 5.60. The molecular formula is C19H21N3O2. The predicted molar refractivity (Wildman–Crippen MR) is 93.0 cm³/mol. The third-order valence-corrected chi connectivity index (χ3v) is 3.66. The molecule has 0 saturated heterocycles. The molecule has 0 spiro atoms. The molecule has 0 aliphatic carbocycles. The van der Waals surface area contributed by atoms with Crippen LogP contribution in [0.1, 0.15) is 25.0 Å². The van der Waals surface area contributed by atoms with Gasteiger partial charge in [0.1, 0.15) is 0 Å². The van der Waals surface area contributed by atoms with E-state index in [0.717, 1.165) is 22.3 Å². The fraction of sp³-hybridized carbons (Fsp3) is 0.263. The maximum absolute atomic E-state index is 5.61. The zero-order valence-corrected chi connectivity index (χ0v) is 13.9. The lowest BCUT2D eigenvalue weighted by Crippen LogP contribution is -2.01. The Labute approximate surface area is 141 Å². The Balaban J connectivity index is 1.74. The predicted octanol–water partition coefficient (Wildman–Crippen LogP) is 3.79. The molecule has 124 valence electrons. The molecule has 1 aromatic heterocycles. The van der Waals surface area contributed by atoms with E-state index in [-0.39, 0.29) is 6.10 Å². The Morgan fingerprint density at radius 3 is 2.21 bits per heavy atom. The zero-order chi connectivity index (χ0) is 16.9. The second kappa shape index (κ2) is 7.38. The molecule has 3 rings (SSSR count). The molecule has 0 aliphatic heterocycles. The van der Waals surface area contributed by atoms with E-state index in [1.807, 2.05) is 62.4 Å². The molecule has 0 amide bonds. The lowest BCUT2D eigenvalue weighted by molar-refractivity contribution is 0.0657. The summed E-state index contributed by atoms with van der Waals surface area (Å²) in [6, 6.07) is 15.8. The molecule has 0 aliphatic rings. The highest BCUT2D eigenvalue weighted by Crippen LogP contribution is 2.23. The van der Waals surface area contributed by atoms with Gasteiger partial charge >= 0.3 is 0 Å². The Kier molecular flexibility index (Phi) is 5.03. The van der Waals surface area contributed by atoms with Crippen LogP contribution < -0.4 is 5.73 Å². The van der Waals surface area contributed by atoms with Gasteiger partial charge < -0.3 is 15.0 Å². The van der Waals surface area contributed by atoms with Crippen molar-refractivity contribution in [1.82, 2.24) is 10.1 Å². The van der Waals surface area contributed by atoms with E-state index in [9.17, 15) is 0 Å². The largest absolute Gasteiger partial charge is 0.374 e. The average molecular weight is 323 g/mol. The van der Waals surface area contributed by atoms with Crippen LogP contribution in [0, 0.1) is 0 Å². The van der Waals surface area contributed by atoms with E-state index in [4.69, 9.17) is 15.0 Å². The van der Waals surface area contributed by atoms with Crippen LogP contribution in [0.2, 0.25) is 0 Å². The number of benzene rings is 2. The fourth-order valence-electron chi connectivity index (χ4n) is 2.25. The second-order valence-electron chi connectivity index (χ2n) is 5.88. The van der Waals surface area contributed by atoms with Crippen molar-refractivity contribution in [2.45, 2.75) is 33.1 Å². The number of ether oxygens (including phenoxy) is 1. The number of nitrogens with two attached hydrogens (primary N) is 1. The van der Waals surface area contributed by atoms with Gasteiger partial charge in [0.2, 0.25) is 5.82 Å². The third kappa shape index (κ3) is 3.88. The summed E-state index contributed by atoms with van der Waals surface area (Å²) < 4.78 is 11.0. The maximum atomic E-state index is 5.61. The third-order valence-electron chi connectivity index (χ3n) is 3.66. The summed E-state index contributed by atoms with van der Waals surface area (Å²) in [6.45, 7) is 5.16. The lowest BCUT2D eigenvalue weighted by atomic mass is 10.1. The summed E-state index contributed by atoms with van der Waals surface area (Å²) in [6.07, 6.45) is 0.217. The molecule has 3 aromatic rings. The van der Waals surface area contributed by atoms with Gasteiger partial charge in [-0.05, 0) is 37.1 Å². The van der Waals surface area contributed by atoms with Crippen LogP contribution in [0.25, 0.3) is 22.8 Å². The molecule has 1 heterocycles.